The number of benzene rings is 1. The molecule has 22 heavy (non-hydrogen) atoms. The molecule has 3 heterocycles. The van der Waals surface area contributed by atoms with E-state index in [0.717, 1.165) is 40.4 Å². The Morgan fingerprint density at radius 3 is 2.95 bits per heavy atom. The van der Waals surface area contributed by atoms with E-state index < -0.39 is 0 Å². The molecule has 0 bridgehead atoms. The number of hydrogen-bond donors (Lipinski definition) is 2. The number of para-hydroxylation sites is 1. The zero-order chi connectivity index (χ0) is 14.9. The van der Waals surface area contributed by atoms with Crippen LogP contribution in [-0.4, -0.2) is 24.6 Å². The number of nitrogens with one attached hydrogen (secondary N) is 1. The van der Waals surface area contributed by atoms with Crippen LogP contribution in [0.3, 0.4) is 0 Å². The largest absolute Gasteiger partial charge is 0.506 e. The first-order valence-corrected chi connectivity index (χ1v) is 7.90. The molecule has 110 valence electrons. The molecule has 4 rings (SSSR count). The van der Waals surface area contributed by atoms with Crippen molar-refractivity contribution in [2.45, 2.75) is 13.0 Å². The van der Waals surface area contributed by atoms with Crippen molar-refractivity contribution in [2.75, 3.05) is 0 Å². The summed E-state index contributed by atoms with van der Waals surface area (Å²) in [5, 5.41) is 12.3. The molecule has 0 fully saturated rings. The first-order valence-electron chi connectivity index (χ1n) is 7.02. The highest BCUT2D eigenvalue weighted by atomic mass is 32.1. The summed E-state index contributed by atoms with van der Waals surface area (Å²) in [4.78, 5) is 13.0. The second-order valence-corrected chi connectivity index (χ2v) is 5.98. The number of H-pyrrole nitrogens is 1. The van der Waals surface area contributed by atoms with Gasteiger partial charge in [0, 0.05) is 24.9 Å². The van der Waals surface area contributed by atoms with Gasteiger partial charge >= 0.3 is 0 Å². The summed E-state index contributed by atoms with van der Waals surface area (Å²) in [6.07, 6.45) is 4.31. The van der Waals surface area contributed by atoms with Gasteiger partial charge in [-0.25, -0.2) is 9.97 Å². The number of thiophene rings is 1. The van der Waals surface area contributed by atoms with Gasteiger partial charge in [0.25, 0.3) is 0 Å². The van der Waals surface area contributed by atoms with Gasteiger partial charge in [-0.1, -0.05) is 12.1 Å². The van der Waals surface area contributed by atoms with Crippen molar-refractivity contribution < 1.29 is 5.11 Å². The lowest BCUT2D eigenvalue weighted by molar-refractivity contribution is 0.477. The SMILES string of the molecule is Oc1cccc2nc(-c3cccs3)n(CCc3cnc[nH]3)c12. The number of nitrogens with zero attached hydrogens (tertiary/aromatic N) is 3. The molecule has 0 aliphatic rings. The van der Waals surface area contributed by atoms with E-state index >= 15 is 0 Å². The minimum atomic E-state index is 0.261. The molecule has 1 aromatic carbocycles. The summed E-state index contributed by atoms with van der Waals surface area (Å²) in [5.41, 5.74) is 2.66. The van der Waals surface area contributed by atoms with E-state index in [4.69, 9.17) is 4.98 Å². The molecule has 0 atom stereocenters. The predicted octanol–water partition coefficient (Wildman–Crippen LogP) is 3.44. The minimum absolute atomic E-state index is 0.261. The Bertz CT molecular complexity index is 894. The maximum Gasteiger partial charge on any atom is 0.151 e. The third-order valence-electron chi connectivity index (χ3n) is 3.65. The fourth-order valence-electron chi connectivity index (χ4n) is 2.63. The Balaban J connectivity index is 1.83. The number of aromatic hydroxyl groups is 1. The van der Waals surface area contributed by atoms with Crippen LogP contribution in [0.1, 0.15) is 5.69 Å². The predicted molar refractivity (Wildman–Crippen MR) is 87.0 cm³/mol. The number of aryl methyl sites for hydroxylation is 2. The summed E-state index contributed by atoms with van der Waals surface area (Å²) in [7, 11) is 0. The lowest BCUT2D eigenvalue weighted by Crippen LogP contribution is -2.03. The summed E-state index contributed by atoms with van der Waals surface area (Å²) in [5.74, 6) is 1.16. The molecule has 5 nitrogen and oxygen atoms in total. The molecule has 6 heteroatoms. The summed E-state index contributed by atoms with van der Waals surface area (Å²) in [6.45, 7) is 0.726. The van der Waals surface area contributed by atoms with E-state index in [1.165, 1.54) is 0 Å². The first-order chi connectivity index (χ1) is 10.8. The molecule has 0 radical (unpaired) electrons. The Morgan fingerprint density at radius 2 is 2.18 bits per heavy atom. The lowest BCUT2D eigenvalue weighted by Gasteiger charge is -2.08. The number of rotatable bonds is 4. The summed E-state index contributed by atoms with van der Waals surface area (Å²) >= 11 is 1.65. The minimum Gasteiger partial charge on any atom is -0.506 e. The monoisotopic (exact) mass is 310 g/mol. The van der Waals surface area contributed by atoms with Crippen LogP contribution in [-0.2, 0) is 13.0 Å². The third-order valence-corrected chi connectivity index (χ3v) is 4.51. The number of hydrogen-bond acceptors (Lipinski definition) is 4. The number of imidazole rings is 2. The highest BCUT2D eigenvalue weighted by Crippen LogP contribution is 2.32. The van der Waals surface area contributed by atoms with Crippen molar-refractivity contribution in [1.29, 1.82) is 0 Å². The first kappa shape index (κ1) is 13.1. The summed E-state index contributed by atoms with van der Waals surface area (Å²) in [6, 6.07) is 9.52. The van der Waals surface area contributed by atoms with Crippen molar-refractivity contribution in [2.24, 2.45) is 0 Å². The van der Waals surface area contributed by atoms with Gasteiger partial charge < -0.3 is 14.7 Å². The fourth-order valence-corrected chi connectivity index (χ4v) is 3.35. The third kappa shape index (κ3) is 2.17. The molecule has 0 spiro atoms. The molecule has 0 saturated carbocycles. The number of aromatic nitrogens is 4. The normalized spacial score (nSPS) is 11.3. The Labute approximate surface area is 130 Å². The van der Waals surface area contributed by atoms with E-state index in [-0.39, 0.29) is 5.75 Å². The van der Waals surface area contributed by atoms with Gasteiger partial charge in [-0.3, -0.25) is 0 Å². The van der Waals surface area contributed by atoms with Crippen LogP contribution in [0.5, 0.6) is 5.75 Å². The average molecular weight is 310 g/mol. The van der Waals surface area contributed by atoms with Crippen molar-refractivity contribution in [3.8, 4) is 16.5 Å². The highest BCUT2D eigenvalue weighted by Gasteiger charge is 2.16. The molecule has 0 aliphatic carbocycles. The van der Waals surface area contributed by atoms with Gasteiger partial charge in [0.15, 0.2) is 5.82 Å². The van der Waals surface area contributed by atoms with E-state index in [9.17, 15) is 5.11 Å². The second-order valence-electron chi connectivity index (χ2n) is 5.04. The van der Waals surface area contributed by atoms with Crippen molar-refractivity contribution in [1.82, 2.24) is 19.5 Å². The van der Waals surface area contributed by atoms with Crippen LogP contribution >= 0.6 is 11.3 Å². The van der Waals surface area contributed by atoms with Crippen LogP contribution < -0.4 is 0 Å². The zero-order valence-corrected chi connectivity index (χ0v) is 12.5. The topological polar surface area (TPSA) is 66.7 Å². The maximum atomic E-state index is 10.2. The molecule has 2 N–H and O–H groups in total. The highest BCUT2D eigenvalue weighted by molar-refractivity contribution is 7.13. The molecular formula is C16H14N4OS. The lowest BCUT2D eigenvalue weighted by atomic mass is 10.2. The summed E-state index contributed by atoms with van der Waals surface area (Å²) < 4.78 is 2.08. The van der Waals surface area contributed by atoms with Crippen molar-refractivity contribution in [3.63, 3.8) is 0 Å². The fraction of sp³-hybridized carbons (Fsp3) is 0.125. The van der Waals surface area contributed by atoms with Crippen molar-refractivity contribution in [3.05, 3.63) is 53.9 Å². The molecular weight excluding hydrogens is 296 g/mol. The quantitative estimate of drug-likeness (QED) is 0.607. The van der Waals surface area contributed by atoms with Crippen LogP contribution in [0.25, 0.3) is 21.7 Å². The number of phenolic OH excluding ortho intramolecular Hbond substituents is 1. The molecule has 0 aliphatic heterocycles. The van der Waals surface area contributed by atoms with E-state index in [0.29, 0.717) is 0 Å². The van der Waals surface area contributed by atoms with Gasteiger partial charge in [-0.15, -0.1) is 11.3 Å². The zero-order valence-electron chi connectivity index (χ0n) is 11.7. The molecule has 3 aromatic heterocycles. The maximum absolute atomic E-state index is 10.2. The smallest absolute Gasteiger partial charge is 0.151 e. The van der Waals surface area contributed by atoms with Crippen LogP contribution in [0.4, 0.5) is 0 Å². The number of phenols is 1. The average Bonchev–Trinajstić information content (AvgIpc) is 3.25. The van der Waals surface area contributed by atoms with E-state index in [2.05, 4.69) is 20.6 Å². The standard InChI is InChI=1S/C16H14N4OS/c21-13-4-1-3-12-15(13)20(7-6-11-9-17-10-18-11)16(19-12)14-5-2-8-22-14/h1-5,8-10,21H,6-7H2,(H,17,18). The van der Waals surface area contributed by atoms with Gasteiger partial charge in [-0.2, -0.15) is 0 Å². The Kier molecular flexibility index (Phi) is 3.16. The molecule has 0 unspecified atom stereocenters. The van der Waals surface area contributed by atoms with E-state index in [1.807, 2.05) is 29.8 Å². The van der Waals surface area contributed by atoms with Crippen molar-refractivity contribution >= 4 is 22.4 Å². The van der Waals surface area contributed by atoms with Gasteiger partial charge in [0.2, 0.25) is 0 Å². The molecule has 0 saturated heterocycles. The molecule has 0 amide bonds. The van der Waals surface area contributed by atoms with Gasteiger partial charge in [-0.05, 0) is 23.6 Å². The second kappa shape index (κ2) is 5.31. The Morgan fingerprint density at radius 1 is 1.23 bits per heavy atom. The molecule has 4 aromatic rings. The van der Waals surface area contributed by atoms with Crippen LogP contribution in [0.15, 0.2) is 48.2 Å². The number of fused-ring (bicyclic) bond motifs is 1. The van der Waals surface area contributed by atoms with Gasteiger partial charge in [0.05, 0.1) is 16.7 Å². The van der Waals surface area contributed by atoms with Crippen LogP contribution in [0, 0.1) is 0 Å². The number of aromatic amines is 1. The van der Waals surface area contributed by atoms with Crippen LogP contribution in [0.2, 0.25) is 0 Å². The van der Waals surface area contributed by atoms with E-state index in [1.54, 1.807) is 23.7 Å². The van der Waals surface area contributed by atoms with Gasteiger partial charge in [0.1, 0.15) is 11.3 Å². The Hall–Kier alpha value is -2.60.